The summed E-state index contributed by atoms with van der Waals surface area (Å²) in [6, 6.07) is 5.22. The van der Waals surface area contributed by atoms with Crippen molar-refractivity contribution in [1.29, 1.82) is 0 Å². The predicted octanol–water partition coefficient (Wildman–Crippen LogP) is 3.69. The van der Waals surface area contributed by atoms with Crippen LogP contribution in [0.1, 0.15) is 23.7 Å². The van der Waals surface area contributed by atoms with Gasteiger partial charge < -0.3 is 5.32 Å². The Bertz CT molecular complexity index is 384. The third-order valence-corrected chi connectivity index (χ3v) is 4.14. The standard InChI is InChI=1S/C11H12Cl2INO/c1-2-8(12)6-15-11(16)7-3-4-10(14)9(13)5-7/h3-5,8H,2,6H2,1H3,(H,15,16). The first kappa shape index (κ1) is 14.1. The van der Waals surface area contributed by atoms with Gasteiger partial charge in [-0.3, -0.25) is 4.79 Å². The van der Waals surface area contributed by atoms with Crippen LogP contribution in [0.15, 0.2) is 18.2 Å². The third-order valence-electron chi connectivity index (χ3n) is 2.11. The second-order valence-corrected chi connectivity index (χ2v) is 5.53. The minimum Gasteiger partial charge on any atom is -0.351 e. The topological polar surface area (TPSA) is 29.1 Å². The fraction of sp³-hybridized carbons (Fsp3) is 0.364. The number of nitrogens with one attached hydrogen (secondary N) is 1. The highest BCUT2D eigenvalue weighted by molar-refractivity contribution is 14.1. The van der Waals surface area contributed by atoms with E-state index in [0.717, 1.165) is 9.99 Å². The Kier molecular flexibility index (Phi) is 5.86. The molecule has 0 saturated carbocycles. The molecule has 1 rings (SSSR count). The molecule has 0 bridgehead atoms. The van der Waals surface area contributed by atoms with Gasteiger partial charge in [0.1, 0.15) is 0 Å². The molecule has 1 N–H and O–H groups in total. The summed E-state index contributed by atoms with van der Waals surface area (Å²) in [6.45, 7) is 2.45. The number of carbonyl (C=O) groups is 1. The van der Waals surface area contributed by atoms with Crippen LogP contribution < -0.4 is 5.32 Å². The maximum Gasteiger partial charge on any atom is 0.251 e. The molecule has 0 aliphatic rings. The molecule has 1 aromatic carbocycles. The second-order valence-electron chi connectivity index (χ2n) is 3.34. The van der Waals surface area contributed by atoms with Crippen LogP contribution in [-0.2, 0) is 0 Å². The van der Waals surface area contributed by atoms with Crippen molar-refractivity contribution in [2.75, 3.05) is 6.54 Å². The summed E-state index contributed by atoms with van der Waals surface area (Å²) in [5, 5.41) is 3.33. The molecule has 0 heterocycles. The van der Waals surface area contributed by atoms with Gasteiger partial charge in [0, 0.05) is 15.7 Å². The van der Waals surface area contributed by atoms with Crippen LogP contribution >= 0.6 is 45.8 Å². The van der Waals surface area contributed by atoms with Crippen molar-refractivity contribution < 1.29 is 4.79 Å². The van der Waals surface area contributed by atoms with Crippen LogP contribution in [0.3, 0.4) is 0 Å². The molecule has 1 amide bonds. The number of amides is 1. The zero-order valence-electron chi connectivity index (χ0n) is 8.77. The monoisotopic (exact) mass is 371 g/mol. The lowest BCUT2D eigenvalue weighted by molar-refractivity contribution is 0.0953. The van der Waals surface area contributed by atoms with Crippen molar-refractivity contribution in [2.24, 2.45) is 0 Å². The molecule has 0 fully saturated rings. The largest absolute Gasteiger partial charge is 0.351 e. The summed E-state index contributed by atoms with van der Waals surface area (Å²) in [4.78, 5) is 11.7. The van der Waals surface area contributed by atoms with Crippen molar-refractivity contribution in [3.8, 4) is 0 Å². The Labute approximate surface area is 119 Å². The number of rotatable bonds is 4. The van der Waals surface area contributed by atoms with Crippen LogP contribution in [-0.4, -0.2) is 17.8 Å². The molecule has 16 heavy (non-hydrogen) atoms. The van der Waals surface area contributed by atoms with Gasteiger partial charge in [0.05, 0.1) is 10.4 Å². The first-order valence-electron chi connectivity index (χ1n) is 4.92. The molecule has 0 saturated heterocycles. The Morgan fingerprint density at radius 2 is 2.25 bits per heavy atom. The van der Waals surface area contributed by atoms with E-state index in [0.29, 0.717) is 17.1 Å². The molecule has 0 aliphatic heterocycles. The highest BCUT2D eigenvalue weighted by atomic mass is 127. The summed E-state index contributed by atoms with van der Waals surface area (Å²) in [6.07, 6.45) is 0.829. The van der Waals surface area contributed by atoms with Crippen molar-refractivity contribution in [2.45, 2.75) is 18.7 Å². The van der Waals surface area contributed by atoms with E-state index in [1.54, 1.807) is 12.1 Å². The summed E-state index contributed by atoms with van der Waals surface area (Å²) < 4.78 is 0.930. The van der Waals surface area contributed by atoms with Crippen LogP contribution in [0.25, 0.3) is 0 Å². The molecule has 0 aromatic heterocycles. The molecule has 2 nitrogen and oxygen atoms in total. The van der Waals surface area contributed by atoms with Crippen molar-refractivity contribution in [3.05, 3.63) is 32.4 Å². The summed E-state index contributed by atoms with van der Waals surface area (Å²) in [5.74, 6) is -0.141. The van der Waals surface area contributed by atoms with Gasteiger partial charge in [-0.25, -0.2) is 0 Å². The van der Waals surface area contributed by atoms with E-state index >= 15 is 0 Å². The molecular formula is C11H12Cl2INO. The fourth-order valence-electron chi connectivity index (χ4n) is 1.09. The van der Waals surface area contributed by atoms with E-state index in [9.17, 15) is 4.79 Å². The smallest absolute Gasteiger partial charge is 0.251 e. The molecule has 5 heteroatoms. The van der Waals surface area contributed by atoms with E-state index in [1.807, 2.05) is 13.0 Å². The van der Waals surface area contributed by atoms with E-state index in [-0.39, 0.29) is 11.3 Å². The first-order valence-corrected chi connectivity index (χ1v) is 6.81. The Balaban J connectivity index is 2.63. The molecular weight excluding hydrogens is 360 g/mol. The minimum atomic E-state index is -0.141. The number of carbonyl (C=O) groups excluding carboxylic acids is 1. The number of alkyl halides is 1. The Morgan fingerprint density at radius 3 is 2.81 bits per heavy atom. The molecule has 1 aromatic rings. The molecule has 0 spiro atoms. The van der Waals surface area contributed by atoms with Gasteiger partial charge in [0.15, 0.2) is 0 Å². The Morgan fingerprint density at radius 1 is 1.56 bits per heavy atom. The maximum absolute atomic E-state index is 11.7. The lowest BCUT2D eigenvalue weighted by Crippen LogP contribution is -2.29. The normalized spacial score (nSPS) is 12.2. The highest BCUT2D eigenvalue weighted by Gasteiger charge is 2.09. The molecule has 88 valence electrons. The predicted molar refractivity (Wildman–Crippen MR) is 76.4 cm³/mol. The van der Waals surface area contributed by atoms with Gasteiger partial charge in [-0.05, 0) is 47.2 Å². The average Bonchev–Trinajstić information content (AvgIpc) is 2.29. The number of hydrogen-bond acceptors (Lipinski definition) is 1. The van der Waals surface area contributed by atoms with Gasteiger partial charge in [-0.1, -0.05) is 18.5 Å². The van der Waals surface area contributed by atoms with Gasteiger partial charge >= 0.3 is 0 Å². The molecule has 1 atom stereocenters. The lowest BCUT2D eigenvalue weighted by Gasteiger charge is -2.09. The summed E-state index contributed by atoms with van der Waals surface area (Å²) >= 11 is 14.0. The number of benzene rings is 1. The van der Waals surface area contributed by atoms with Gasteiger partial charge in [-0.2, -0.15) is 0 Å². The van der Waals surface area contributed by atoms with Crippen LogP contribution in [0.2, 0.25) is 5.02 Å². The molecule has 0 aliphatic carbocycles. The minimum absolute atomic E-state index is 0.0247. The van der Waals surface area contributed by atoms with Crippen molar-refractivity contribution in [1.82, 2.24) is 5.32 Å². The highest BCUT2D eigenvalue weighted by Crippen LogP contribution is 2.19. The average molecular weight is 372 g/mol. The quantitative estimate of drug-likeness (QED) is 0.634. The van der Waals surface area contributed by atoms with E-state index in [1.165, 1.54) is 0 Å². The number of halogens is 3. The van der Waals surface area contributed by atoms with E-state index in [4.69, 9.17) is 23.2 Å². The van der Waals surface area contributed by atoms with E-state index < -0.39 is 0 Å². The fourth-order valence-corrected chi connectivity index (χ4v) is 1.68. The second kappa shape index (κ2) is 6.67. The van der Waals surface area contributed by atoms with Crippen molar-refractivity contribution in [3.63, 3.8) is 0 Å². The van der Waals surface area contributed by atoms with Crippen LogP contribution in [0, 0.1) is 3.57 Å². The van der Waals surface area contributed by atoms with Crippen LogP contribution in [0.5, 0.6) is 0 Å². The zero-order valence-corrected chi connectivity index (χ0v) is 12.4. The van der Waals surface area contributed by atoms with Gasteiger partial charge in [0.2, 0.25) is 0 Å². The lowest BCUT2D eigenvalue weighted by atomic mass is 10.2. The number of hydrogen-bond donors (Lipinski definition) is 1. The SMILES string of the molecule is CCC(Cl)CNC(=O)c1ccc(I)c(Cl)c1. The summed E-state index contributed by atoms with van der Waals surface area (Å²) in [5.41, 5.74) is 0.561. The third kappa shape index (κ3) is 4.11. The molecule has 0 radical (unpaired) electrons. The van der Waals surface area contributed by atoms with Gasteiger partial charge in [0.25, 0.3) is 5.91 Å². The van der Waals surface area contributed by atoms with Crippen LogP contribution in [0.4, 0.5) is 0 Å². The first-order chi connectivity index (χ1) is 7.54. The van der Waals surface area contributed by atoms with E-state index in [2.05, 4.69) is 27.9 Å². The van der Waals surface area contributed by atoms with Crippen molar-refractivity contribution >= 4 is 51.7 Å². The Hall–Kier alpha value is -0.0000000000000000555. The molecule has 1 unspecified atom stereocenters. The zero-order chi connectivity index (χ0) is 12.1. The van der Waals surface area contributed by atoms with Gasteiger partial charge in [-0.15, -0.1) is 11.6 Å². The maximum atomic E-state index is 11.7. The summed E-state index contributed by atoms with van der Waals surface area (Å²) in [7, 11) is 0.